The van der Waals surface area contributed by atoms with Gasteiger partial charge in [0.25, 0.3) is 5.89 Å². The summed E-state index contributed by atoms with van der Waals surface area (Å²) in [6.45, 7) is 1.47. The van der Waals surface area contributed by atoms with E-state index in [-0.39, 0.29) is 11.8 Å². The molecule has 0 saturated carbocycles. The van der Waals surface area contributed by atoms with Crippen molar-refractivity contribution in [3.05, 3.63) is 71.6 Å². The molecule has 7 heteroatoms. The Kier molecular flexibility index (Phi) is 4.33. The van der Waals surface area contributed by atoms with Crippen molar-refractivity contribution in [1.29, 1.82) is 0 Å². The van der Waals surface area contributed by atoms with Crippen molar-refractivity contribution in [1.82, 2.24) is 10.2 Å². The van der Waals surface area contributed by atoms with Gasteiger partial charge in [0.1, 0.15) is 17.2 Å². The first kappa shape index (κ1) is 15.8. The number of ether oxygens (including phenoxy) is 1. The third-order valence-corrected chi connectivity index (χ3v) is 3.26. The molecule has 3 aromatic rings. The maximum atomic E-state index is 13.6. The van der Waals surface area contributed by atoms with Crippen LogP contribution in [-0.2, 0) is 4.74 Å². The molecule has 0 saturated heterocycles. The Balaban J connectivity index is 1.77. The normalized spacial score (nSPS) is 12.0. The number of hydrogen-bond acceptors (Lipinski definition) is 5. The molecule has 0 aliphatic carbocycles. The summed E-state index contributed by atoms with van der Waals surface area (Å²) in [5.41, 5.74) is -0.0536. The molecule has 0 amide bonds. The predicted octanol–water partition coefficient (Wildman–Crippen LogP) is 3.93. The molecular formula is C17H12F2N2O3. The van der Waals surface area contributed by atoms with Gasteiger partial charge in [0.05, 0.1) is 0 Å². The van der Waals surface area contributed by atoms with Gasteiger partial charge in [-0.3, -0.25) is 0 Å². The lowest BCUT2D eigenvalue weighted by atomic mass is 10.2. The highest BCUT2D eigenvalue weighted by Gasteiger charge is 2.24. The van der Waals surface area contributed by atoms with Gasteiger partial charge in [-0.25, -0.2) is 13.6 Å². The Bertz CT molecular complexity index is 845. The molecule has 0 aliphatic rings. The number of benzene rings is 2. The van der Waals surface area contributed by atoms with E-state index < -0.39 is 29.3 Å². The molecule has 3 rings (SSSR count). The van der Waals surface area contributed by atoms with Gasteiger partial charge in [0.15, 0.2) is 6.10 Å². The summed E-state index contributed by atoms with van der Waals surface area (Å²) in [5, 5.41) is 7.67. The van der Waals surface area contributed by atoms with E-state index in [9.17, 15) is 13.6 Å². The van der Waals surface area contributed by atoms with E-state index in [1.54, 1.807) is 12.1 Å². The quantitative estimate of drug-likeness (QED) is 0.678. The van der Waals surface area contributed by atoms with E-state index >= 15 is 0 Å². The van der Waals surface area contributed by atoms with Crippen molar-refractivity contribution in [2.75, 3.05) is 0 Å². The smallest absolute Gasteiger partial charge is 0.344 e. The molecule has 2 aromatic carbocycles. The summed E-state index contributed by atoms with van der Waals surface area (Å²) in [4.78, 5) is 12.0. The SMILES string of the molecule is CC(OC(=O)c1c(F)cccc1F)c1nnc(-c2ccccc2)o1. The van der Waals surface area contributed by atoms with E-state index in [0.29, 0.717) is 5.56 Å². The molecule has 1 atom stereocenters. The Hall–Kier alpha value is -3.09. The molecule has 24 heavy (non-hydrogen) atoms. The largest absolute Gasteiger partial charge is 0.449 e. The fourth-order valence-corrected chi connectivity index (χ4v) is 2.06. The predicted molar refractivity (Wildman–Crippen MR) is 79.9 cm³/mol. The van der Waals surface area contributed by atoms with Gasteiger partial charge < -0.3 is 9.15 Å². The van der Waals surface area contributed by atoms with E-state index in [4.69, 9.17) is 9.15 Å². The molecule has 0 spiro atoms. The topological polar surface area (TPSA) is 65.2 Å². The highest BCUT2D eigenvalue weighted by atomic mass is 19.1. The molecule has 122 valence electrons. The number of hydrogen-bond donors (Lipinski definition) is 0. The number of carbonyl (C=O) groups is 1. The van der Waals surface area contributed by atoms with Crippen molar-refractivity contribution in [3.8, 4) is 11.5 Å². The molecule has 1 aromatic heterocycles. The van der Waals surface area contributed by atoms with Crippen molar-refractivity contribution in [3.63, 3.8) is 0 Å². The minimum atomic E-state index is -1.14. The lowest BCUT2D eigenvalue weighted by molar-refractivity contribution is 0.0269. The summed E-state index contributed by atoms with van der Waals surface area (Å²) in [7, 11) is 0. The third kappa shape index (κ3) is 3.15. The Morgan fingerprint density at radius 3 is 2.38 bits per heavy atom. The second kappa shape index (κ2) is 6.57. The first-order valence-corrected chi connectivity index (χ1v) is 7.10. The lowest BCUT2D eigenvalue weighted by Crippen LogP contribution is -2.13. The summed E-state index contributed by atoms with van der Waals surface area (Å²) in [5.74, 6) is -2.85. The van der Waals surface area contributed by atoms with E-state index in [2.05, 4.69) is 10.2 Å². The maximum absolute atomic E-state index is 13.6. The van der Waals surface area contributed by atoms with Gasteiger partial charge in [0, 0.05) is 5.56 Å². The number of carbonyl (C=O) groups excluding carboxylic acids is 1. The van der Waals surface area contributed by atoms with Gasteiger partial charge in [-0.1, -0.05) is 24.3 Å². The zero-order valence-corrected chi connectivity index (χ0v) is 12.6. The Morgan fingerprint density at radius 2 is 1.71 bits per heavy atom. The number of nitrogens with zero attached hydrogens (tertiary/aromatic N) is 2. The van der Waals surface area contributed by atoms with Crippen LogP contribution in [0, 0.1) is 11.6 Å². The lowest BCUT2D eigenvalue weighted by Gasteiger charge is -2.10. The molecule has 0 bridgehead atoms. The van der Waals surface area contributed by atoms with Crippen LogP contribution < -0.4 is 0 Å². The molecular weight excluding hydrogens is 318 g/mol. The first-order valence-electron chi connectivity index (χ1n) is 7.10. The van der Waals surface area contributed by atoms with Crippen LogP contribution in [-0.4, -0.2) is 16.2 Å². The summed E-state index contributed by atoms with van der Waals surface area (Å²) < 4.78 is 37.6. The summed E-state index contributed by atoms with van der Waals surface area (Å²) in [6.07, 6.45) is -0.957. The van der Waals surface area contributed by atoms with E-state index in [1.165, 1.54) is 6.92 Å². The monoisotopic (exact) mass is 330 g/mol. The molecule has 0 fully saturated rings. The van der Waals surface area contributed by atoms with Crippen LogP contribution in [0.3, 0.4) is 0 Å². The maximum Gasteiger partial charge on any atom is 0.344 e. The van der Waals surface area contributed by atoms with Crippen molar-refractivity contribution in [2.45, 2.75) is 13.0 Å². The average molecular weight is 330 g/mol. The number of halogens is 2. The van der Waals surface area contributed by atoms with Gasteiger partial charge in [0.2, 0.25) is 5.89 Å². The molecule has 0 aliphatic heterocycles. The summed E-state index contributed by atoms with van der Waals surface area (Å²) >= 11 is 0. The summed E-state index contributed by atoms with van der Waals surface area (Å²) in [6, 6.07) is 12.1. The second-order valence-corrected chi connectivity index (χ2v) is 4.96. The average Bonchev–Trinajstić information content (AvgIpc) is 3.05. The van der Waals surface area contributed by atoms with Crippen LogP contribution in [0.2, 0.25) is 0 Å². The van der Waals surface area contributed by atoms with Crippen LogP contribution in [0.4, 0.5) is 8.78 Å². The molecule has 1 unspecified atom stereocenters. The molecule has 5 nitrogen and oxygen atoms in total. The van der Waals surface area contributed by atoms with Gasteiger partial charge in [-0.05, 0) is 31.2 Å². The fraction of sp³-hybridized carbons (Fsp3) is 0.118. The van der Waals surface area contributed by atoms with E-state index in [0.717, 1.165) is 18.2 Å². The standard InChI is InChI=1S/C17H12F2N2O3/c1-10(23-17(22)14-12(18)8-5-9-13(14)19)15-20-21-16(24-15)11-6-3-2-4-7-11/h2-10H,1H3. The number of rotatable bonds is 4. The van der Waals surface area contributed by atoms with Crippen LogP contribution in [0.5, 0.6) is 0 Å². The van der Waals surface area contributed by atoms with Gasteiger partial charge in [-0.15, -0.1) is 10.2 Å². The van der Waals surface area contributed by atoms with Gasteiger partial charge in [-0.2, -0.15) is 0 Å². The van der Waals surface area contributed by atoms with Crippen LogP contribution in [0.15, 0.2) is 52.9 Å². The fourth-order valence-electron chi connectivity index (χ4n) is 2.06. The minimum absolute atomic E-state index is 0.0268. The molecule has 1 heterocycles. The van der Waals surface area contributed by atoms with Crippen LogP contribution >= 0.6 is 0 Å². The molecule has 0 N–H and O–H groups in total. The van der Waals surface area contributed by atoms with Crippen molar-refractivity contribution >= 4 is 5.97 Å². The Morgan fingerprint density at radius 1 is 1.04 bits per heavy atom. The minimum Gasteiger partial charge on any atom is -0.449 e. The first-order chi connectivity index (χ1) is 11.6. The number of esters is 1. The zero-order valence-electron chi connectivity index (χ0n) is 12.6. The second-order valence-electron chi connectivity index (χ2n) is 4.96. The van der Waals surface area contributed by atoms with Crippen LogP contribution in [0.1, 0.15) is 29.3 Å². The Labute approximate surface area is 135 Å². The third-order valence-electron chi connectivity index (χ3n) is 3.26. The number of aromatic nitrogens is 2. The zero-order chi connectivity index (χ0) is 17.1. The molecule has 0 radical (unpaired) electrons. The van der Waals surface area contributed by atoms with Gasteiger partial charge >= 0.3 is 5.97 Å². The van der Waals surface area contributed by atoms with Crippen molar-refractivity contribution in [2.24, 2.45) is 0 Å². The van der Waals surface area contributed by atoms with Crippen LogP contribution in [0.25, 0.3) is 11.5 Å². The highest BCUT2D eigenvalue weighted by molar-refractivity contribution is 5.90. The van der Waals surface area contributed by atoms with E-state index in [1.807, 2.05) is 18.2 Å². The highest BCUT2D eigenvalue weighted by Crippen LogP contribution is 2.23. The van der Waals surface area contributed by atoms with Crippen molar-refractivity contribution < 1.29 is 22.7 Å².